The van der Waals surface area contributed by atoms with Crippen molar-refractivity contribution < 1.29 is 19.1 Å². The molecule has 0 radical (unpaired) electrons. The minimum absolute atomic E-state index is 0.00290. The van der Waals surface area contributed by atoms with E-state index in [-0.39, 0.29) is 17.8 Å². The van der Waals surface area contributed by atoms with Gasteiger partial charge in [0.25, 0.3) is 0 Å². The Labute approximate surface area is 135 Å². The van der Waals surface area contributed by atoms with Gasteiger partial charge in [-0.1, -0.05) is 0 Å². The molecule has 1 amide bonds. The summed E-state index contributed by atoms with van der Waals surface area (Å²) in [6.07, 6.45) is 5.65. The van der Waals surface area contributed by atoms with Crippen molar-refractivity contribution in [2.45, 2.75) is 45.8 Å². The first-order valence-electron chi connectivity index (χ1n) is 7.70. The number of ether oxygens (including phenoxy) is 2. The molecular weight excluding hydrogens is 298 g/mol. The molecular formula is C16H23N3O4. The molecule has 0 spiro atoms. The Morgan fingerprint density at radius 3 is 2.70 bits per heavy atom. The first-order chi connectivity index (χ1) is 10.8. The lowest BCUT2D eigenvalue weighted by Crippen LogP contribution is -2.36. The third-order valence-corrected chi connectivity index (χ3v) is 3.21. The molecule has 0 saturated carbocycles. The average molecular weight is 321 g/mol. The number of allylic oxidation sites excluding steroid dienone is 1. The molecule has 1 aliphatic heterocycles. The molecule has 126 valence electrons. The fourth-order valence-electron chi connectivity index (χ4n) is 2.18. The maximum absolute atomic E-state index is 12.0. The van der Waals surface area contributed by atoms with Crippen LogP contribution in [0, 0.1) is 0 Å². The van der Waals surface area contributed by atoms with Crippen molar-refractivity contribution >= 4 is 12.1 Å². The van der Waals surface area contributed by atoms with Crippen molar-refractivity contribution in [3.8, 4) is 0 Å². The fraction of sp³-hybridized carbons (Fsp3) is 0.562. The topological polar surface area (TPSA) is 73.7 Å². The highest BCUT2D eigenvalue weighted by Crippen LogP contribution is 2.21. The van der Waals surface area contributed by atoms with Gasteiger partial charge in [0.15, 0.2) is 5.69 Å². The summed E-state index contributed by atoms with van der Waals surface area (Å²) in [6.45, 7) is 8.11. The standard InChI is InChI=1S/C16H23N3O4/c1-5-22-14(20)13-8-11-19(17-13)12-6-9-18(10-7-12)15(21)23-16(2,3)4/h6,8-9,11-12H,5,7,10H2,1-4H3. The average Bonchev–Trinajstić information content (AvgIpc) is 2.96. The number of carbonyl (C=O) groups excluding carboxylic acids is 2. The molecule has 0 N–H and O–H groups in total. The SMILES string of the molecule is CCOC(=O)c1ccn(C2C=CN(C(=O)OC(C)(C)C)CC2)n1. The number of rotatable bonds is 3. The van der Waals surface area contributed by atoms with Crippen LogP contribution in [0.2, 0.25) is 0 Å². The molecule has 0 aliphatic carbocycles. The second-order valence-electron chi connectivity index (χ2n) is 6.27. The summed E-state index contributed by atoms with van der Waals surface area (Å²) in [7, 11) is 0. The van der Waals surface area contributed by atoms with Gasteiger partial charge in [0.1, 0.15) is 5.60 Å². The van der Waals surface area contributed by atoms with E-state index in [0.717, 1.165) is 0 Å². The molecule has 1 unspecified atom stereocenters. The molecule has 0 bridgehead atoms. The van der Waals surface area contributed by atoms with Gasteiger partial charge >= 0.3 is 12.1 Å². The molecule has 0 saturated heterocycles. The van der Waals surface area contributed by atoms with E-state index in [1.165, 1.54) is 4.90 Å². The molecule has 2 heterocycles. The van der Waals surface area contributed by atoms with E-state index in [2.05, 4.69) is 5.10 Å². The fourth-order valence-corrected chi connectivity index (χ4v) is 2.18. The quantitative estimate of drug-likeness (QED) is 0.800. The van der Waals surface area contributed by atoms with Crippen molar-refractivity contribution in [3.05, 3.63) is 30.2 Å². The van der Waals surface area contributed by atoms with Crippen LogP contribution >= 0.6 is 0 Å². The second kappa shape index (κ2) is 6.85. The lowest BCUT2D eigenvalue weighted by atomic mass is 10.1. The van der Waals surface area contributed by atoms with E-state index in [9.17, 15) is 9.59 Å². The summed E-state index contributed by atoms with van der Waals surface area (Å²) in [5, 5.41) is 4.24. The molecule has 1 aromatic heterocycles. The van der Waals surface area contributed by atoms with E-state index in [1.807, 2.05) is 26.8 Å². The number of aromatic nitrogens is 2. The first kappa shape index (κ1) is 17.1. The van der Waals surface area contributed by atoms with E-state index in [4.69, 9.17) is 9.47 Å². The zero-order chi connectivity index (χ0) is 17.0. The summed E-state index contributed by atoms with van der Waals surface area (Å²) in [5.41, 5.74) is -0.229. The lowest BCUT2D eigenvalue weighted by molar-refractivity contribution is 0.0319. The second-order valence-corrected chi connectivity index (χ2v) is 6.27. The number of hydrogen-bond acceptors (Lipinski definition) is 5. The van der Waals surface area contributed by atoms with Crippen molar-refractivity contribution in [2.75, 3.05) is 13.2 Å². The summed E-state index contributed by atoms with van der Waals surface area (Å²) >= 11 is 0. The maximum atomic E-state index is 12.0. The van der Waals surface area contributed by atoms with E-state index >= 15 is 0 Å². The van der Waals surface area contributed by atoms with Crippen molar-refractivity contribution in [1.29, 1.82) is 0 Å². The van der Waals surface area contributed by atoms with E-state index in [0.29, 0.717) is 19.6 Å². The molecule has 0 fully saturated rings. The number of carbonyl (C=O) groups is 2. The zero-order valence-corrected chi connectivity index (χ0v) is 14.0. The molecule has 23 heavy (non-hydrogen) atoms. The third-order valence-electron chi connectivity index (χ3n) is 3.21. The van der Waals surface area contributed by atoms with Crippen LogP contribution in [0.15, 0.2) is 24.5 Å². The van der Waals surface area contributed by atoms with Crippen molar-refractivity contribution in [3.63, 3.8) is 0 Å². The van der Waals surface area contributed by atoms with Crippen molar-refractivity contribution in [2.24, 2.45) is 0 Å². The monoisotopic (exact) mass is 321 g/mol. The van der Waals surface area contributed by atoms with Crippen molar-refractivity contribution in [1.82, 2.24) is 14.7 Å². The number of esters is 1. The van der Waals surface area contributed by atoms with Gasteiger partial charge in [-0.3, -0.25) is 9.58 Å². The van der Waals surface area contributed by atoms with Gasteiger partial charge in [-0.05, 0) is 46.3 Å². The number of nitrogens with zero attached hydrogens (tertiary/aromatic N) is 3. The summed E-state index contributed by atoms with van der Waals surface area (Å²) < 4.78 is 12.0. The molecule has 0 aromatic carbocycles. The molecule has 1 aromatic rings. The van der Waals surface area contributed by atoms with Crippen LogP contribution in [0.1, 0.15) is 50.6 Å². The van der Waals surface area contributed by atoms with Crippen LogP contribution < -0.4 is 0 Å². The normalized spacial score (nSPS) is 17.9. The highest BCUT2D eigenvalue weighted by molar-refractivity contribution is 5.87. The summed E-state index contributed by atoms with van der Waals surface area (Å²) in [4.78, 5) is 25.2. The van der Waals surface area contributed by atoms with Gasteiger partial charge in [-0.2, -0.15) is 5.10 Å². The maximum Gasteiger partial charge on any atom is 0.414 e. The van der Waals surface area contributed by atoms with Crippen LogP contribution in [0.4, 0.5) is 4.79 Å². The Morgan fingerprint density at radius 1 is 1.39 bits per heavy atom. The molecule has 2 rings (SSSR count). The Hall–Kier alpha value is -2.31. The smallest absolute Gasteiger partial charge is 0.414 e. The van der Waals surface area contributed by atoms with E-state index < -0.39 is 11.6 Å². The summed E-state index contributed by atoms with van der Waals surface area (Å²) in [5.74, 6) is -0.429. The van der Waals surface area contributed by atoms with Gasteiger partial charge < -0.3 is 9.47 Å². The lowest BCUT2D eigenvalue weighted by Gasteiger charge is -2.29. The highest BCUT2D eigenvalue weighted by Gasteiger charge is 2.25. The Balaban J connectivity index is 1.99. The Morgan fingerprint density at radius 2 is 2.13 bits per heavy atom. The van der Waals surface area contributed by atoms with Gasteiger partial charge in [0.05, 0.1) is 12.6 Å². The largest absolute Gasteiger partial charge is 0.461 e. The molecule has 1 aliphatic rings. The minimum Gasteiger partial charge on any atom is -0.461 e. The first-order valence-corrected chi connectivity index (χ1v) is 7.70. The van der Waals surface area contributed by atoms with Crippen LogP contribution in [0.3, 0.4) is 0 Å². The third kappa shape index (κ3) is 4.58. The summed E-state index contributed by atoms with van der Waals surface area (Å²) in [6, 6.07) is 1.63. The van der Waals surface area contributed by atoms with Crippen LogP contribution in [-0.2, 0) is 9.47 Å². The van der Waals surface area contributed by atoms with Crippen LogP contribution in [0.25, 0.3) is 0 Å². The minimum atomic E-state index is -0.516. The van der Waals surface area contributed by atoms with Crippen LogP contribution in [-0.4, -0.2) is 45.5 Å². The van der Waals surface area contributed by atoms with Gasteiger partial charge in [0.2, 0.25) is 0 Å². The zero-order valence-electron chi connectivity index (χ0n) is 14.0. The van der Waals surface area contributed by atoms with Gasteiger partial charge in [-0.25, -0.2) is 9.59 Å². The van der Waals surface area contributed by atoms with Gasteiger partial charge in [0, 0.05) is 18.9 Å². The molecule has 7 heteroatoms. The predicted octanol–water partition coefficient (Wildman–Crippen LogP) is 2.76. The van der Waals surface area contributed by atoms with Crippen LogP contribution in [0.5, 0.6) is 0 Å². The molecule has 1 atom stereocenters. The molecule has 7 nitrogen and oxygen atoms in total. The number of amides is 1. The number of hydrogen-bond donors (Lipinski definition) is 0. The predicted molar refractivity (Wildman–Crippen MR) is 83.9 cm³/mol. The van der Waals surface area contributed by atoms with Gasteiger partial charge in [-0.15, -0.1) is 0 Å². The Kier molecular flexibility index (Phi) is 5.08. The highest BCUT2D eigenvalue weighted by atomic mass is 16.6. The van der Waals surface area contributed by atoms with E-state index in [1.54, 1.807) is 30.1 Å². The Bertz CT molecular complexity index is 601.